The summed E-state index contributed by atoms with van der Waals surface area (Å²) >= 11 is 1.22. The SMILES string of the molecule is Cc1ccc(S(=O)(=O)N/N=C/c2ncc(N)s2)cc1. The van der Waals surface area contributed by atoms with Crippen molar-refractivity contribution in [2.75, 3.05) is 5.73 Å². The minimum Gasteiger partial charge on any atom is -0.389 e. The number of hydrazone groups is 1. The van der Waals surface area contributed by atoms with Gasteiger partial charge in [-0.25, -0.2) is 4.98 Å². The van der Waals surface area contributed by atoms with Gasteiger partial charge in [0, 0.05) is 0 Å². The molecule has 2 rings (SSSR count). The lowest BCUT2D eigenvalue weighted by atomic mass is 10.2. The maximum atomic E-state index is 11.9. The zero-order chi connectivity index (χ0) is 13.9. The molecule has 0 saturated heterocycles. The molecule has 0 saturated carbocycles. The Bertz CT molecular complexity index is 690. The maximum absolute atomic E-state index is 11.9. The molecule has 1 aromatic heterocycles. The van der Waals surface area contributed by atoms with Crippen molar-refractivity contribution in [3.8, 4) is 0 Å². The smallest absolute Gasteiger partial charge is 0.276 e. The monoisotopic (exact) mass is 296 g/mol. The highest BCUT2D eigenvalue weighted by molar-refractivity contribution is 7.89. The highest BCUT2D eigenvalue weighted by Gasteiger charge is 2.11. The number of sulfonamides is 1. The van der Waals surface area contributed by atoms with Crippen LogP contribution in [-0.2, 0) is 10.0 Å². The predicted octanol–water partition coefficient (Wildman–Crippen LogP) is 1.35. The first kappa shape index (κ1) is 13.5. The van der Waals surface area contributed by atoms with Crippen LogP contribution in [0.4, 0.5) is 5.00 Å². The number of nitrogens with zero attached hydrogens (tertiary/aromatic N) is 2. The average Bonchev–Trinajstić information content (AvgIpc) is 2.75. The van der Waals surface area contributed by atoms with Crippen LogP contribution in [0.3, 0.4) is 0 Å². The summed E-state index contributed by atoms with van der Waals surface area (Å²) in [6.45, 7) is 1.88. The summed E-state index contributed by atoms with van der Waals surface area (Å²) in [5.41, 5.74) is 6.48. The number of nitrogens with two attached hydrogens (primary N) is 1. The molecule has 8 heteroatoms. The van der Waals surface area contributed by atoms with Crippen molar-refractivity contribution >= 4 is 32.6 Å². The second kappa shape index (κ2) is 5.37. The first-order valence-corrected chi connectivity index (χ1v) is 7.60. The standard InChI is InChI=1S/C11H12N4O2S2/c1-8-2-4-9(5-3-8)19(16,17)15-14-7-11-13-6-10(12)18-11/h2-7,15H,12H2,1H3/b14-7+. The van der Waals surface area contributed by atoms with Gasteiger partial charge in [-0.05, 0) is 19.1 Å². The minimum absolute atomic E-state index is 0.161. The maximum Gasteiger partial charge on any atom is 0.276 e. The predicted molar refractivity (Wildman–Crippen MR) is 75.6 cm³/mol. The first-order valence-electron chi connectivity index (χ1n) is 5.30. The molecule has 0 amide bonds. The van der Waals surface area contributed by atoms with E-state index in [4.69, 9.17) is 5.73 Å². The van der Waals surface area contributed by atoms with Crippen LogP contribution in [0.25, 0.3) is 0 Å². The number of aryl methyl sites for hydroxylation is 1. The molecule has 0 bridgehead atoms. The van der Waals surface area contributed by atoms with E-state index in [0.29, 0.717) is 10.0 Å². The molecule has 3 N–H and O–H groups in total. The molecule has 2 aromatic rings. The Labute approximate surface area is 115 Å². The van der Waals surface area contributed by atoms with Crippen molar-refractivity contribution in [3.63, 3.8) is 0 Å². The van der Waals surface area contributed by atoms with Crippen molar-refractivity contribution in [1.29, 1.82) is 0 Å². The van der Waals surface area contributed by atoms with Crippen molar-refractivity contribution in [3.05, 3.63) is 41.0 Å². The van der Waals surface area contributed by atoms with Crippen molar-refractivity contribution < 1.29 is 8.42 Å². The Hall–Kier alpha value is -1.93. The largest absolute Gasteiger partial charge is 0.389 e. The zero-order valence-electron chi connectivity index (χ0n) is 10.1. The minimum atomic E-state index is -3.64. The van der Waals surface area contributed by atoms with Crippen molar-refractivity contribution in [2.24, 2.45) is 5.10 Å². The quantitative estimate of drug-likeness (QED) is 0.657. The van der Waals surface area contributed by atoms with Gasteiger partial charge in [-0.3, -0.25) is 0 Å². The average molecular weight is 296 g/mol. The molecule has 0 fully saturated rings. The fourth-order valence-electron chi connectivity index (χ4n) is 1.28. The summed E-state index contributed by atoms with van der Waals surface area (Å²) in [5.74, 6) is 0. The lowest BCUT2D eigenvalue weighted by molar-refractivity contribution is 0.584. The van der Waals surface area contributed by atoms with E-state index in [1.807, 2.05) is 6.92 Å². The first-order chi connectivity index (χ1) is 8.97. The van der Waals surface area contributed by atoms with Gasteiger partial charge in [-0.2, -0.15) is 18.4 Å². The summed E-state index contributed by atoms with van der Waals surface area (Å²) in [6.07, 6.45) is 2.80. The van der Waals surface area contributed by atoms with E-state index >= 15 is 0 Å². The number of hydrogen-bond acceptors (Lipinski definition) is 6. The molecule has 0 spiro atoms. The van der Waals surface area contributed by atoms with Crippen LogP contribution in [0.5, 0.6) is 0 Å². The Kier molecular flexibility index (Phi) is 3.82. The van der Waals surface area contributed by atoms with Crippen LogP contribution in [0.2, 0.25) is 0 Å². The molecular formula is C11H12N4O2S2. The van der Waals surface area contributed by atoms with Crippen molar-refractivity contribution in [1.82, 2.24) is 9.82 Å². The highest BCUT2D eigenvalue weighted by atomic mass is 32.2. The third-order valence-electron chi connectivity index (χ3n) is 2.22. The summed E-state index contributed by atoms with van der Waals surface area (Å²) in [4.78, 5) is 6.21. The van der Waals surface area contributed by atoms with Gasteiger partial charge >= 0.3 is 0 Å². The van der Waals surface area contributed by atoms with Crippen LogP contribution < -0.4 is 10.6 Å². The highest BCUT2D eigenvalue weighted by Crippen LogP contribution is 2.12. The van der Waals surface area contributed by atoms with Gasteiger partial charge in [0.15, 0.2) is 0 Å². The molecule has 0 aliphatic carbocycles. The Balaban J connectivity index is 2.09. The molecule has 0 aliphatic heterocycles. The Morgan fingerprint density at radius 2 is 2.05 bits per heavy atom. The molecule has 0 atom stereocenters. The van der Waals surface area contributed by atoms with E-state index in [0.717, 1.165) is 5.56 Å². The number of rotatable bonds is 4. The van der Waals surface area contributed by atoms with Crippen LogP contribution in [0, 0.1) is 6.92 Å². The summed E-state index contributed by atoms with van der Waals surface area (Å²) in [6, 6.07) is 6.49. The van der Waals surface area contributed by atoms with Gasteiger partial charge in [-0.15, -0.1) is 0 Å². The second-order valence-electron chi connectivity index (χ2n) is 3.77. The molecule has 100 valence electrons. The normalized spacial score (nSPS) is 11.8. The van der Waals surface area contributed by atoms with Gasteiger partial charge in [0.25, 0.3) is 10.0 Å². The summed E-state index contributed by atoms with van der Waals surface area (Å²) in [5, 5.41) is 4.73. The van der Waals surface area contributed by atoms with E-state index in [1.165, 1.54) is 35.9 Å². The molecular weight excluding hydrogens is 284 g/mol. The number of nitrogens with one attached hydrogen (secondary N) is 1. The molecule has 0 aliphatic rings. The van der Waals surface area contributed by atoms with Crippen molar-refractivity contribution in [2.45, 2.75) is 11.8 Å². The third-order valence-corrected chi connectivity index (χ3v) is 4.22. The van der Waals surface area contributed by atoms with Gasteiger partial charge in [0.2, 0.25) is 0 Å². The lowest BCUT2D eigenvalue weighted by Crippen LogP contribution is -2.18. The van der Waals surface area contributed by atoms with E-state index < -0.39 is 10.0 Å². The second-order valence-corrected chi connectivity index (χ2v) is 6.52. The van der Waals surface area contributed by atoms with E-state index in [1.54, 1.807) is 12.1 Å². The fraction of sp³-hybridized carbons (Fsp3) is 0.0909. The van der Waals surface area contributed by atoms with Crippen LogP contribution in [0.1, 0.15) is 10.6 Å². The van der Waals surface area contributed by atoms with Crippen LogP contribution >= 0.6 is 11.3 Å². The number of anilines is 1. The molecule has 19 heavy (non-hydrogen) atoms. The summed E-state index contributed by atoms with van der Waals surface area (Å²) in [7, 11) is -3.64. The number of aromatic nitrogens is 1. The van der Waals surface area contributed by atoms with Crippen LogP contribution in [-0.4, -0.2) is 19.6 Å². The number of nitrogen functional groups attached to an aromatic ring is 1. The van der Waals surface area contributed by atoms with Gasteiger partial charge in [-0.1, -0.05) is 29.0 Å². The van der Waals surface area contributed by atoms with Crippen LogP contribution in [0.15, 0.2) is 40.5 Å². The van der Waals surface area contributed by atoms with Gasteiger partial charge in [0.1, 0.15) is 10.0 Å². The Morgan fingerprint density at radius 3 is 2.63 bits per heavy atom. The lowest BCUT2D eigenvalue weighted by Gasteiger charge is -2.02. The van der Waals surface area contributed by atoms with E-state index in [2.05, 4.69) is 14.9 Å². The number of hydrogen-bond donors (Lipinski definition) is 2. The number of thiazole rings is 1. The third kappa shape index (κ3) is 3.52. The fourth-order valence-corrected chi connectivity index (χ4v) is 2.63. The summed E-state index contributed by atoms with van der Waals surface area (Å²) < 4.78 is 23.7. The van der Waals surface area contributed by atoms with E-state index in [9.17, 15) is 8.42 Å². The molecule has 1 aromatic carbocycles. The molecule has 1 heterocycles. The molecule has 6 nitrogen and oxygen atoms in total. The van der Waals surface area contributed by atoms with Gasteiger partial charge < -0.3 is 5.73 Å². The van der Waals surface area contributed by atoms with Gasteiger partial charge in [0.05, 0.1) is 17.3 Å². The van der Waals surface area contributed by atoms with E-state index in [-0.39, 0.29) is 4.90 Å². The molecule has 0 unspecified atom stereocenters. The zero-order valence-corrected chi connectivity index (χ0v) is 11.7. The Morgan fingerprint density at radius 1 is 1.37 bits per heavy atom. The molecule has 0 radical (unpaired) electrons. The topological polar surface area (TPSA) is 97.4 Å². The number of benzene rings is 1.